The number of nitrogens with two attached hydrogens (primary N) is 1. The van der Waals surface area contributed by atoms with Crippen molar-refractivity contribution in [2.24, 2.45) is 11.7 Å². The van der Waals surface area contributed by atoms with Crippen molar-refractivity contribution in [2.45, 2.75) is 20.3 Å². The molecular formula is C17H24N2O. The average molecular weight is 272 g/mol. The molecule has 2 N–H and O–H groups in total. The summed E-state index contributed by atoms with van der Waals surface area (Å²) in [4.78, 5) is 12.8. The second-order valence-corrected chi connectivity index (χ2v) is 5.39. The highest BCUT2D eigenvalue weighted by Crippen LogP contribution is 2.16. The first-order valence-electron chi connectivity index (χ1n) is 6.80. The van der Waals surface area contributed by atoms with Crippen LogP contribution in [0.3, 0.4) is 0 Å². The summed E-state index contributed by atoms with van der Waals surface area (Å²) in [6.45, 7) is 4.15. The minimum atomic E-state index is -0.412. The van der Waals surface area contributed by atoms with Gasteiger partial charge in [0.1, 0.15) is 0 Å². The molecule has 0 spiro atoms. The summed E-state index contributed by atoms with van der Waals surface area (Å²) in [5.41, 5.74) is 8.65. The number of primary amides is 1. The van der Waals surface area contributed by atoms with Crippen LogP contribution in [0.1, 0.15) is 19.4 Å². The van der Waals surface area contributed by atoms with Gasteiger partial charge in [-0.2, -0.15) is 0 Å². The molecule has 0 saturated carbocycles. The minimum Gasteiger partial charge on any atom is -0.378 e. The average Bonchev–Trinajstić information content (AvgIpc) is 2.36. The van der Waals surface area contributed by atoms with Crippen molar-refractivity contribution in [3.05, 3.63) is 53.6 Å². The van der Waals surface area contributed by atoms with Gasteiger partial charge in [-0.15, -0.1) is 0 Å². The van der Waals surface area contributed by atoms with E-state index >= 15 is 0 Å². The first kappa shape index (κ1) is 16.0. The Bertz CT molecular complexity index is 498. The molecule has 20 heavy (non-hydrogen) atoms. The molecule has 1 aromatic rings. The maximum absolute atomic E-state index is 10.7. The van der Waals surface area contributed by atoms with E-state index in [1.807, 2.05) is 21.0 Å². The summed E-state index contributed by atoms with van der Waals surface area (Å²) in [6.07, 6.45) is 6.28. The molecule has 1 amide bonds. The highest BCUT2D eigenvalue weighted by atomic mass is 16.1. The Balaban J connectivity index is 2.63. The van der Waals surface area contributed by atoms with Gasteiger partial charge in [-0.3, -0.25) is 4.79 Å². The number of nitrogens with zero attached hydrogens (tertiary/aromatic N) is 1. The molecule has 0 radical (unpaired) electrons. The van der Waals surface area contributed by atoms with Crippen molar-refractivity contribution >= 4 is 11.6 Å². The largest absolute Gasteiger partial charge is 0.378 e. The number of amides is 1. The first-order valence-corrected chi connectivity index (χ1v) is 6.80. The minimum absolute atomic E-state index is 0.412. The van der Waals surface area contributed by atoms with E-state index in [4.69, 9.17) is 5.73 Å². The van der Waals surface area contributed by atoms with Gasteiger partial charge in [0.15, 0.2) is 0 Å². The molecule has 0 aromatic heterocycles. The van der Waals surface area contributed by atoms with E-state index in [9.17, 15) is 4.79 Å². The van der Waals surface area contributed by atoms with E-state index < -0.39 is 5.91 Å². The van der Waals surface area contributed by atoms with Crippen molar-refractivity contribution in [1.82, 2.24) is 0 Å². The zero-order chi connectivity index (χ0) is 15.1. The molecule has 0 fully saturated rings. The molecule has 1 unspecified atom stereocenters. The Morgan fingerprint density at radius 3 is 2.35 bits per heavy atom. The van der Waals surface area contributed by atoms with Gasteiger partial charge in [0, 0.05) is 25.9 Å². The van der Waals surface area contributed by atoms with Crippen molar-refractivity contribution in [3.8, 4) is 0 Å². The molecule has 0 aliphatic heterocycles. The van der Waals surface area contributed by atoms with Gasteiger partial charge in [0.25, 0.3) is 0 Å². The predicted molar refractivity (Wildman–Crippen MR) is 85.7 cm³/mol. The summed E-state index contributed by atoms with van der Waals surface area (Å²) in [5.74, 6) is 0.00223. The monoisotopic (exact) mass is 272 g/mol. The number of carbonyl (C=O) groups excluding carboxylic acids is 1. The normalized spacial score (nSPS) is 13.5. The van der Waals surface area contributed by atoms with E-state index in [-0.39, 0.29) is 0 Å². The summed E-state index contributed by atoms with van der Waals surface area (Å²) >= 11 is 0. The molecule has 0 aliphatic rings. The quantitative estimate of drug-likeness (QED) is 0.639. The number of allylic oxidation sites excluding steroid dienone is 3. The van der Waals surface area contributed by atoms with Gasteiger partial charge < -0.3 is 10.6 Å². The predicted octanol–water partition coefficient (Wildman–Crippen LogP) is 2.92. The van der Waals surface area contributed by atoms with E-state index in [1.165, 1.54) is 17.3 Å². The lowest BCUT2D eigenvalue weighted by molar-refractivity contribution is -0.113. The Morgan fingerprint density at radius 1 is 1.25 bits per heavy atom. The number of rotatable bonds is 6. The second-order valence-electron chi connectivity index (χ2n) is 5.39. The topological polar surface area (TPSA) is 46.3 Å². The van der Waals surface area contributed by atoms with Crippen molar-refractivity contribution in [3.63, 3.8) is 0 Å². The highest BCUT2D eigenvalue weighted by Gasteiger charge is 2.02. The van der Waals surface area contributed by atoms with Gasteiger partial charge in [0.2, 0.25) is 5.91 Å². The molecule has 1 aromatic carbocycles. The van der Waals surface area contributed by atoms with E-state index in [0.717, 1.165) is 12.0 Å². The second kappa shape index (κ2) is 7.53. The van der Waals surface area contributed by atoms with E-state index in [2.05, 4.69) is 42.2 Å². The first-order chi connectivity index (χ1) is 9.38. The fourth-order valence-corrected chi connectivity index (χ4v) is 2.08. The Labute approximate surface area is 121 Å². The summed E-state index contributed by atoms with van der Waals surface area (Å²) < 4.78 is 0. The van der Waals surface area contributed by atoms with Gasteiger partial charge in [0.05, 0.1) is 0 Å². The molecule has 3 heteroatoms. The van der Waals surface area contributed by atoms with Crippen LogP contribution in [0, 0.1) is 5.92 Å². The van der Waals surface area contributed by atoms with Crippen molar-refractivity contribution < 1.29 is 4.79 Å². The fourth-order valence-electron chi connectivity index (χ4n) is 2.08. The van der Waals surface area contributed by atoms with E-state index in [0.29, 0.717) is 5.92 Å². The van der Waals surface area contributed by atoms with Crippen LogP contribution in [0.15, 0.2) is 48.1 Å². The fraction of sp³-hybridized carbons (Fsp3) is 0.353. The number of benzene rings is 1. The maximum Gasteiger partial charge on any atom is 0.241 e. The van der Waals surface area contributed by atoms with Gasteiger partial charge in [-0.25, -0.2) is 0 Å². The van der Waals surface area contributed by atoms with Crippen LogP contribution >= 0.6 is 0 Å². The number of hydrogen-bond donors (Lipinski definition) is 1. The lowest BCUT2D eigenvalue weighted by Crippen LogP contribution is -2.08. The molecule has 0 heterocycles. The zero-order valence-corrected chi connectivity index (χ0v) is 12.8. The number of hydrogen-bond acceptors (Lipinski definition) is 2. The highest BCUT2D eigenvalue weighted by molar-refractivity contribution is 5.86. The Kier molecular flexibility index (Phi) is 6.04. The van der Waals surface area contributed by atoms with Gasteiger partial charge >= 0.3 is 0 Å². The summed E-state index contributed by atoms with van der Waals surface area (Å²) in [7, 11) is 4.07. The van der Waals surface area contributed by atoms with Crippen molar-refractivity contribution in [2.75, 3.05) is 19.0 Å². The Morgan fingerprint density at radius 2 is 1.85 bits per heavy atom. The van der Waals surface area contributed by atoms with Crippen LogP contribution in [0.25, 0.3) is 0 Å². The smallest absolute Gasteiger partial charge is 0.241 e. The Hall–Kier alpha value is -2.03. The maximum atomic E-state index is 10.7. The van der Waals surface area contributed by atoms with Crippen LogP contribution < -0.4 is 10.6 Å². The molecule has 108 valence electrons. The molecule has 0 saturated heterocycles. The number of anilines is 1. The third-order valence-electron chi connectivity index (χ3n) is 3.07. The third-order valence-corrected chi connectivity index (χ3v) is 3.07. The third kappa shape index (κ3) is 5.74. The standard InChI is InChI=1S/C17H24N2O/c1-13(5-10-17(18)20)11-14(2)12-15-6-8-16(9-7-15)19(3)4/h5-11,14H,12H2,1-4H3,(H2,18,20)/b10-5+,13-11+. The molecule has 1 rings (SSSR count). The molecule has 3 nitrogen and oxygen atoms in total. The lowest BCUT2D eigenvalue weighted by atomic mass is 9.98. The SMILES string of the molecule is CC(/C=C/C(N)=O)=C\C(C)Cc1ccc(N(C)C)cc1. The van der Waals surface area contributed by atoms with Gasteiger partial charge in [-0.05, 0) is 37.0 Å². The van der Waals surface area contributed by atoms with Crippen LogP contribution in [-0.4, -0.2) is 20.0 Å². The molecule has 1 atom stereocenters. The molecular weight excluding hydrogens is 248 g/mol. The van der Waals surface area contributed by atoms with Crippen LogP contribution in [0.5, 0.6) is 0 Å². The van der Waals surface area contributed by atoms with Gasteiger partial charge in [-0.1, -0.05) is 36.8 Å². The lowest BCUT2D eigenvalue weighted by Gasteiger charge is -2.13. The van der Waals surface area contributed by atoms with Crippen LogP contribution in [-0.2, 0) is 11.2 Å². The molecule has 0 aliphatic carbocycles. The van der Waals surface area contributed by atoms with Crippen LogP contribution in [0.4, 0.5) is 5.69 Å². The summed E-state index contributed by atoms with van der Waals surface area (Å²) in [6, 6.07) is 8.58. The van der Waals surface area contributed by atoms with Crippen molar-refractivity contribution in [1.29, 1.82) is 0 Å². The zero-order valence-electron chi connectivity index (χ0n) is 12.8. The van der Waals surface area contributed by atoms with E-state index in [1.54, 1.807) is 6.08 Å². The molecule has 0 bridgehead atoms. The summed E-state index contributed by atoms with van der Waals surface area (Å²) in [5, 5.41) is 0. The van der Waals surface area contributed by atoms with Crippen LogP contribution in [0.2, 0.25) is 0 Å². The number of carbonyl (C=O) groups is 1.